The maximum absolute atomic E-state index is 14.3. The molecule has 8 nitrogen and oxygen atoms in total. The van der Waals surface area contributed by atoms with Crippen LogP contribution in [-0.2, 0) is 28.3 Å². The van der Waals surface area contributed by atoms with E-state index in [9.17, 15) is 24.2 Å². The van der Waals surface area contributed by atoms with E-state index in [4.69, 9.17) is 10.5 Å². The van der Waals surface area contributed by atoms with Gasteiger partial charge in [0.1, 0.15) is 12.4 Å². The second-order valence-corrected chi connectivity index (χ2v) is 8.36. The van der Waals surface area contributed by atoms with Gasteiger partial charge in [-0.3, -0.25) is 4.79 Å². The van der Waals surface area contributed by atoms with Crippen molar-refractivity contribution in [2.45, 2.75) is 45.1 Å². The van der Waals surface area contributed by atoms with Crippen LogP contribution >= 0.6 is 0 Å². The number of pyridine rings is 2. The summed E-state index contributed by atoms with van der Waals surface area (Å²) in [5.74, 6) is -1.24. The summed E-state index contributed by atoms with van der Waals surface area (Å²) in [6.45, 7) is 2.84. The Morgan fingerprint density at radius 2 is 2.06 bits per heavy atom. The molecule has 0 spiro atoms. The number of hydrogen-bond donors (Lipinski definition) is 3. The Morgan fingerprint density at radius 3 is 2.75 bits per heavy atom. The van der Waals surface area contributed by atoms with Crippen molar-refractivity contribution in [3.05, 3.63) is 62.2 Å². The predicted octanol–water partition coefficient (Wildman–Crippen LogP) is 1.52. The van der Waals surface area contributed by atoms with Crippen LogP contribution in [0.25, 0.3) is 22.3 Å². The number of aliphatic hydroxyl groups is 2. The van der Waals surface area contributed by atoms with Crippen LogP contribution in [0, 0.1) is 12.7 Å². The molecule has 2 aromatic heterocycles. The number of cyclic esters (lactones) is 1. The molecule has 2 aliphatic rings. The third-order valence-electron chi connectivity index (χ3n) is 6.58. The van der Waals surface area contributed by atoms with Crippen molar-refractivity contribution in [3.8, 4) is 11.4 Å². The minimum absolute atomic E-state index is 0.0326. The Balaban J connectivity index is 1.86. The van der Waals surface area contributed by atoms with Gasteiger partial charge >= 0.3 is 5.97 Å². The first-order valence-corrected chi connectivity index (χ1v) is 10.4. The largest absolute Gasteiger partial charge is 0.458 e. The lowest BCUT2D eigenvalue weighted by Crippen LogP contribution is -2.44. The maximum Gasteiger partial charge on any atom is 0.343 e. The summed E-state index contributed by atoms with van der Waals surface area (Å²) in [6, 6.07) is 3.76. The van der Waals surface area contributed by atoms with E-state index in [0.717, 1.165) is 0 Å². The summed E-state index contributed by atoms with van der Waals surface area (Å²) in [5, 5.41) is 21.4. The van der Waals surface area contributed by atoms with Gasteiger partial charge in [-0.1, -0.05) is 6.92 Å². The van der Waals surface area contributed by atoms with Crippen LogP contribution in [-0.4, -0.2) is 32.3 Å². The number of hydrogen-bond acceptors (Lipinski definition) is 7. The third-order valence-corrected chi connectivity index (χ3v) is 6.58. The van der Waals surface area contributed by atoms with E-state index < -0.39 is 29.0 Å². The van der Waals surface area contributed by atoms with Gasteiger partial charge in [-0.2, -0.15) is 0 Å². The third kappa shape index (κ3) is 2.62. The molecule has 0 radical (unpaired) electrons. The molecule has 2 atom stereocenters. The van der Waals surface area contributed by atoms with Crippen LogP contribution < -0.4 is 11.3 Å². The molecule has 3 aromatic rings. The number of esters is 1. The number of rotatable bonds is 3. The zero-order valence-electron chi connectivity index (χ0n) is 17.6. The fourth-order valence-corrected chi connectivity index (χ4v) is 4.75. The Bertz CT molecular complexity index is 1380. The topological polar surface area (TPSA) is 128 Å². The number of aryl methyl sites for hydroxylation is 1. The highest BCUT2D eigenvalue weighted by Crippen LogP contribution is 2.41. The number of halogens is 1. The van der Waals surface area contributed by atoms with Crippen LogP contribution in [0.15, 0.2) is 23.0 Å². The van der Waals surface area contributed by atoms with Gasteiger partial charge in [0.2, 0.25) is 0 Å². The van der Waals surface area contributed by atoms with Crippen molar-refractivity contribution in [2.24, 2.45) is 5.73 Å². The molecule has 5 rings (SSSR count). The Morgan fingerprint density at radius 1 is 1.31 bits per heavy atom. The molecule has 0 saturated carbocycles. The minimum Gasteiger partial charge on any atom is -0.458 e. The molecule has 0 amide bonds. The molecule has 0 aliphatic carbocycles. The van der Waals surface area contributed by atoms with Crippen molar-refractivity contribution < 1.29 is 24.1 Å². The first-order valence-electron chi connectivity index (χ1n) is 10.4. The summed E-state index contributed by atoms with van der Waals surface area (Å²) < 4.78 is 20.9. The molecule has 0 fully saturated rings. The number of nitrogens with zero attached hydrogens (tertiary/aromatic N) is 2. The Hall–Kier alpha value is -3.14. The number of aliphatic hydroxyl groups excluding tert-OH is 1. The number of ether oxygens (including phenoxy) is 1. The lowest BCUT2D eigenvalue weighted by Gasteiger charge is -2.31. The van der Waals surface area contributed by atoms with Crippen LogP contribution in [0.3, 0.4) is 0 Å². The van der Waals surface area contributed by atoms with Gasteiger partial charge in [-0.15, -0.1) is 0 Å². The van der Waals surface area contributed by atoms with Crippen LogP contribution in [0.2, 0.25) is 0 Å². The quantitative estimate of drug-likeness (QED) is 0.413. The summed E-state index contributed by atoms with van der Waals surface area (Å²) >= 11 is 0. The number of nitrogens with two attached hydrogens (primary N) is 1. The summed E-state index contributed by atoms with van der Waals surface area (Å²) in [7, 11) is 0. The van der Waals surface area contributed by atoms with Gasteiger partial charge in [-0.25, -0.2) is 14.2 Å². The number of benzene rings is 1. The number of aromatic nitrogens is 2. The van der Waals surface area contributed by atoms with E-state index in [-0.39, 0.29) is 37.3 Å². The highest BCUT2D eigenvalue weighted by Gasteiger charge is 2.45. The van der Waals surface area contributed by atoms with Gasteiger partial charge in [-0.05, 0) is 36.6 Å². The predicted molar refractivity (Wildman–Crippen MR) is 113 cm³/mol. The van der Waals surface area contributed by atoms with Gasteiger partial charge in [0.05, 0.1) is 41.7 Å². The van der Waals surface area contributed by atoms with Crippen molar-refractivity contribution >= 4 is 16.9 Å². The van der Waals surface area contributed by atoms with Gasteiger partial charge in [0, 0.05) is 22.6 Å². The average molecular weight is 439 g/mol. The SMILES string of the molecule is CC[C@@]1(O)C(=O)OCc2c1cc1n(c2=O)Cc2c-1nc1cc(F)c(C)cc1c2[C@@H](N)CO. The van der Waals surface area contributed by atoms with E-state index in [1.165, 1.54) is 10.6 Å². The molecule has 2 aliphatic heterocycles. The molecule has 0 unspecified atom stereocenters. The highest BCUT2D eigenvalue weighted by molar-refractivity contribution is 5.90. The van der Waals surface area contributed by atoms with Crippen molar-refractivity contribution in [1.82, 2.24) is 9.55 Å². The monoisotopic (exact) mass is 439 g/mol. The lowest BCUT2D eigenvalue weighted by molar-refractivity contribution is -0.172. The zero-order valence-corrected chi connectivity index (χ0v) is 17.6. The summed E-state index contributed by atoms with van der Waals surface area (Å²) in [6.07, 6.45) is 0.0326. The average Bonchev–Trinajstić information content (AvgIpc) is 3.14. The highest BCUT2D eigenvalue weighted by atomic mass is 19.1. The number of carbonyl (C=O) groups excluding carboxylic acids is 1. The van der Waals surface area contributed by atoms with Crippen molar-refractivity contribution in [2.75, 3.05) is 6.61 Å². The number of carbonyl (C=O) groups is 1. The smallest absolute Gasteiger partial charge is 0.343 e. The standard InChI is InChI=1S/C23H22FN3O5/c1-3-23(31)14-5-18-20-12(7-27(18)21(29)13(14)9-32-22(23)30)19(16(25)8-28)11-4-10(2)15(24)6-17(11)26-20/h4-6,16,28,31H,3,7-9,25H2,1-2H3/t16-,23-/m0/s1. The van der Waals surface area contributed by atoms with E-state index in [1.807, 2.05) is 0 Å². The Labute approximate surface area is 182 Å². The van der Waals surface area contributed by atoms with Crippen LogP contribution in [0.5, 0.6) is 0 Å². The molecule has 166 valence electrons. The first kappa shape index (κ1) is 20.7. The molecule has 0 saturated heterocycles. The van der Waals surface area contributed by atoms with Crippen LogP contribution in [0.4, 0.5) is 4.39 Å². The zero-order chi connectivity index (χ0) is 22.9. The fraction of sp³-hybridized carbons (Fsp3) is 0.348. The number of fused-ring (bicyclic) bond motifs is 5. The normalized spacial score (nSPS) is 20.0. The van der Waals surface area contributed by atoms with E-state index in [2.05, 4.69) is 4.98 Å². The van der Waals surface area contributed by atoms with Crippen molar-refractivity contribution in [1.29, 1.82) is 0 Å². The van der Waals surface area contributed by atoms with Gasteiger partial charge in [0.25, 0.3) is 5.56 Å². The Kier molecular flexibility index (Phi) is 4.49. The first-order chi connectivity index (χ1) is 15.2. The molecule has 4 heterocycles. The van der Waals surface area contributed by atoms with E-state index in [1.54, 1.807) is 26.0 Å². The lowest BCUT2D eigenvalue weighted by atomic mass is 9.86. The molecule has 9 heteroatoms. The molecule has 32 heavy (non-hydrogen) atoms. The van der Waals surface area contributed by atoms with Crippen LogP contribution in [0.1, 0.15) is 47.2 Å². The van der Waals surface area contributed by atoms with Gasteiger partial charge < -0.3 is 25.3 Å². The second-order valence-electron chi connectivity index (χ2n) is 8.36. The molecular formula is C23H22FN3O5. The molecule has 4 N–H and O–H groups in total. The van der Waals surface area contributed by atoms with Gasteiger partial charge in [0.15, 0.2) is 5.60 Å². The summed E-state index contributed by atoms with van der Waals surface area (Å²) in [5.41, 5.74) is 7.13. The molecule has 1 aromatic carbocycles. The van der Waals surface area contributed by atoms with E-state index >= 15 is 0 Å². The van der Waals surface area contributed by atoms with E-state index in [0.29, 0.717) is 39.0 Å². The maximum atomic E-state index is 14.3. The minimum atomic E-state index is -1.94. The summed E-state index contributed by atoms with van der Waals surface area (Å²) in [4.78, 5) is 30.3. The van der Waals surface area contributed by atoms with Crippen molar-refractivity contribution in [3.63, 3.8) is 0 Å². The molecule has 0 bridgehead atoms. The second kappa shape index (κ2) is 6.93. The molecular weight excluding hydrogens is 417 g/mol. The fourth-order valence-electron chi connectivity index (χ4n) is 4.75.